The van der Waals surface area contributed by atoms with Crippen molar-refractivity contribution in [3.05, 3.63) is 77.6 Å². The van der Waals surface area contributed by atoms with Crippen LogP contribution in [0.4, 0.5) is 5.69 Å². The second kappa shape index (κ2) is 8.34. The van der Waals surface area contributed by atoms with Crippen LogP contribution in [-0.4, -0.2) is 29.9 Å². The number of amides is 1. The molecule has 8 heteroatoms. The molecule has 0 spiro atoms. The van der Waals surface area contributed by atoms with Crippen LogP contribution in [0.3, 0.4) is 0 Å². The first-order chi connectivity index (χ1) is 14.6. The van der Waals surface area contributed by atoms with E-state index in [0.717, 1.165) is 5.69 Å². The molecule has 1 N–H and O–H groups in total. The first-order valence-electron chi connectivity index (χ1n) is 9.02. The fourth-order valence-electron chi connectivity index (χ4n) is 2.96. The van der Waals surface area contributed by atoms with E-state index in [4.69, 9.17) is 25.5 Å². The van der Waals surface area contributed by atoms with Gasteiger partial charge in [-0.15, -0.1) is 0 Å². The highest BCUT2D eigenvalue weighted by atomic mass is 35.5. The van der Waals surface area contributed by atoms with E-state index in [0.29, 0.717) is 33.7 Å². The Morgan fingerprint density at radius 3 is 2.53 bits per heavy atom. The minimum absolute atomic E-state index is 0.217. The van der Waals surface area contributed by atoms with E-state index in [-0.39, 0.29) is 11.6 Å². The number of carbonyl (C=O) groups is 1. The van der Waals surface area contributed by atoms with Gasteiger partial charge in [0.25, 0.3) is 5.91 Å². The molecule has 7 nitrogen and oxygen atoms in total. The van der Waals surface area contributed by atoms with Crippen LogP contribution in [0.5, 0.6) is 11.5 Å². The minimum atomic E-state index is -0.390. The number of rotatable bonds is 6. The van der Waals surface area contributed by atoms with Crippen LogP contribution in [0.2, 0.25) is 5.02 Å². The van der Waals surface area contributed by atoms with Gasteiger partial charge >= 0.3 is 0 Å². The molecule has 0 unspecified atom stereocenters. The molecule has 0 aliphatic heterocycles. The molecule has 152 valence electrons. The Hall–Kier alpha value is -3.71. The van der Waals surface area contributed by atoms with E-state index in [1.165, 1.54) is 7.11 Å². The maximum absolute atomic E-state index is 12.9. The highest BCUT2D eigenvalue weighted by Gasteiger charge is 2.19. The number of anilines is 1. The Labute approximate surface area is 177 Å². The average molecular weight is 424 g/mol. The summed E-state index contributed by atoms with van der Waals surface area (Å²) >= 11 is 6.00. The van der Waals surface area contributed by atoms with Crippen LogP contribution in [0.25, 0.3) is 17.1 Å². The van der Waals surface area contributed by atoms with E-state index >= 15 is 0 Å². The van der Waals surface area contributed by atoms with Gasteiger partial charge in [0, 0.05) is 17.2 Å². The zero-order chi connectivity index (χ0) is 21.1. The van der Waals surface area contributed by atoms with Gasteiger partial charge in [0.05, 0.1) is 31.9 Å². The average Bonchev–Trinajstić information content (AvgIpc) is 3.44. The van der Waals surface area contributed by atoms with Crippen molar-refractivity contribution in [1.82, 2.24) is 9.78 Å². The van der Waals surface area contributed by atoms with Crippen molar-refractivity contribution in [2.75, 3.05) is 19.5 Å². The molecule has 0 aliphatic rings. The molecular formula is C22H18ClN3O4. The molecule has 1 amide bonds. The summed E-state index contributed by atoms with van der Waals surface area (Å²) in [5.74, 6) is 1.29. The highest BCUT2D eigenvalue weighted by Crippen LogP contribution is 2.30. The maximum atomic E-state index is 12.9. The summed E-state index contributed by atoms with van der Waals surface area (Å²) in [7, 11) is 3.08. The smallest absolute Gasteiger partial charge is 0.276 e. The lowest BCUT2D eigenvalue weighted by Crippen LogP contribution is -2.14. The van der Waals surface area contributed by atoms with Gasteiger partial charge in [-0.25, -0.2) is 4.68 Å². The number of carbonyl (C=O) groups excluding carboxylic acids is 1. The lowest BCUT2D eigenvalue weighted by molar-refractivity contribution is 0.102. The Morgan fingerprint density at radius 1 is 1.07 bits per heavy atom. The number of benzene rings is 2. The van der Waals surface area contributed by atoms with Gasteiger partial charge in [0.15, 0.2) is 11.5 Å². The summed E-state index contributed by atoms with van der Waals surface area (Å²) in [5.41, 5.74) is 2.10. The number of nitrogens with zero attached hydrogens (tertiary/aromatic N) is 2. The molecule has 0 radical (unpaired) electrons. The zero-order valence-electron chi connectivity index (χ0n) is 16.3. The standard InChI is InChI=1S/C22H18ClN3O4/c1-28-16-9-10-17(21(12-16)29-2)24-22(27)18-13-19(20-4-3-11-30-20)26(25-18)15-7-5-14(23)6-8-15/h3-13H,1-2H3,(H,24,27). The van der Waals surface area contributed by atoms with Crippen molar-refractivity contribution in [1.29, 1.82) is 0 Å². The van der Waals surface area contributed by atoms with E-state index in [2.05, 4.69) is 10.4 Å². The third kappa shape index (κ3) is 3.88. The van der Waals surface area contributed by atoms with Crippen LogP contribution < -0.4 is 14.8 Å². The highest BCUT2D eigenvalue weighted by molar-refractivity contribution is 6.30. The SMILES string of the molecule is COc1ccc(NC(=O)c2cc(-c3ccco3)n(-c3ccc(Cl)cc3)n2)c(OC)c1. The molecule has 0 saturated carbocycles. The van der Waals surface area contributed by atoms with Crippen LogP contribution in [-0.2, 0) is 0 Å². The van der Waals surface area contributed by atoms with Crippen molar-refractivity contribution < 1.29 is 18.7 Å². The quantitative estimate of drug-likeness (QED) is 0.469. The zero-order valence-corrected chi connectivity index (χ0v) is 17.0. The molecule has 0 fully saturated rings. The molecular weight excluding hydrogens is 406 g/mol. The lowest BCUT2D eigenvalue weighted by Gasteiger charge is -2.10. The Bertz CT molecular complexity index is 1170. The predicted molar refractivity (Wildman–Crippen MR) is 114 cm³/mol. The Morgan fingerprint density at radius 2 is 1.87 bits per heavy atom. The molecule has 4 rings (SSSR count). The molecule has 0 aliphatic carbocycles. The third-order valence-corrected chi connectivity index (χ3v) is 4.70. The van der Waals surface area contributed by atoms with Crippen LogP contribution in [0, 0.1) is 0 Å². The lowest BCUT2D eigenvalue weighted by atomic mass is 10.2. The molecule has 0 saturated heterocycles. The summed E-state index contributed by atoms with van der Waals surface area (Å²) in [6.45, 7) is 0. The number of hydrogen-bond donors (Lipinski definition) is 1. The van der Waals surface area contributed by atoms with Crippen LogP contribution in [0.15, 0.2) is 71.3 Å². The van der Waals surface area contributed by atoms with Gasteiger partial charge in [-0.3, -0.25) is 4.79 Å². The third-order valence-electron chi connectivity index (χ3n) is 4.44. The number of ether oxygens (including phenoxy) is 2. The summed E-state index contributed by atoms with van der Waals surface area (Å²) in [5, 5.41) is 7.92. The van der Waals surface area contributed by atoms with E-state index < -0.39 is 0 Å². The second-order valence-corrected chi connectivity index (χ2v) is 6.74. The first kappa shape index (κ1) is 19.6. The number of methoxy groups -OCH3 is 2. The molecule has 2 heterocycles. The largest absolute Gasteiger partial charge is 0.497 e. The normalized spacial score (nSPS) is 10.6. The Kier molecular flexibility index (Phi) is 5.45. The van der Waals surface area contributed by atoms with Crippen molar-refractivity contribution in [2.24, 2.45) is 0 Å². The number of halogens is 1. The van der Waals surface area contributed by atoms with Crippen molar-refractivity contribution >= 4 is 23.2 Å². The van der Waals surface area contributed by atoms with Gasteiger partial charge in [-0.2, -0.15) is 5.10 Å². The topological polar surface area (TPSA) is 78.5 Å². The number of hydrogen-bond acceptors (Lipinski definition) is 5. The van der Waals surface area contributed by atoms with Crippen molar-refractivity contribution in [3.63, 3.8) is 0 Å². The van der Waals surface area contributed by atoms with E-state index in [1.54, 1.807) is 66.6 Å². The maximum Gasteiger partial charge on any atom is 0.276 e. The Balaban J connectivity index is 1.70. The summed E-state index contributed by atoms with van der Waals surface area (Å²) in [4.78, 5) is 12.9. The van der Waals surface area contributed by atoms with E-state index in [9.17, 15) is 4.79 Å². The van der Waals surface area contributed by atoms with Crippen LogP contribution >= 0.6 is 11.6 Å². The van der Waals surface area contributed by atoms with Gasteiger partial charge in [-0.1, -0.05) is 11.6 Å². The van der Waals surface area contributed by atoms with Gasteiger partial charge in [0.2, 0.25) is 0 Å². The molecule has 0 bridgehead atoms. The minimum Gasteiger partial charge on any atom is -0.497 e. The molecule has 0 atom stereocenters. The van der Waals surface area contributed by atoms with Gasteiger partial charge in [-0.05, 0) is 48.5 Å². The van der Waals surface area contributed by atoms with Crippen molar-refractivity contribution in [3.8, 4) is 28.6 Å². The molecule has 2 aromatic heterocycles. The summed E-state index contributed by atoms with van der Waals surface area (Å²) in [6.07, 6.45) is 1.57. The van der Waals surface area contributed by atoms with E-state index in [1.807, 2.05) is 12.1 Å². The van der Waals surface area contributed by atoms with Gasteiger partial charge < -0.3 is 19.2 Å². The number of aromatic nitrogens is 2. The molecule has 30 heavy (non-hydrogen) atoms. The number of furan rings is 1. The van der Waals surface area contributed by atoms with Crippen LogP contribution in [0.1, 0.15) is 10.5 Å². The molecule has 2 aromatic carbocycles. The monoisotopic (exact) mass is 423 g/mol. The fraction of sp³-hybridized carbons (Fsp3) is 0.0909. The summed E-state index contributed by atoms with van der Waals surface area (Å²) < 4.78 is 17.7. The summed E-state index contributed by atoms with van der Waals surface area (Å²) in [6, 6.07) is 17.5. The predicted octanol–water partition coefficient (Wildman–Crippen LogP) is 5.06. The van der Waals surface area contributed by atoms with Gasteiger partial charge in [0.1, 0.15) is 17.2 Å². The first-order valence-corrected chi connectivity index (χ1v) is 9.40. The number of nitrogens with one attached hydrogen (secondary N) is 1. The molecule has 4 aromatic rings. The van der Waals surface area contributed by atoms with Crippen molar-refractivity contribution in [2.45, 2.75) is 0 Å². The second-order valence-electron chi connectivity index (χ2n) is 6.30. The fourth-order valence-corrected chi connectivity index (χ4v) is 3.09.